The molecule has 31 atom stereocenters. The standard InChI is InChI=1S/C37H58O11.C35H56O11.C2H.BrH.Mg/c1-10-25(38)23-12-14-37(40)24-11-13-35(39)16-22(45-31-30-29(20(2)21(3)44-31)47-33(6,7)48-30)15-27-36(35,18-43-32(4,5)46-27)28(24)26(42-19-41-9)17-34(23,37)8;1-19-20(2)42-29(28-27(19)45-31(5,6)46-28)43-22-13-25-34(17-41-30(3,4)44-25)26-23(10-11-33(34,37)14-22)35(38)12-9-21(16-36)32(35,7)15-24(26)40-18-39-8;1-2;;/h1,20-31,38-40H,11-19H2,2-9H3;16,19-29,37-38H,9-15,17-18H2,1-8H3;1H;1H;/q;;-1;;+2/p-1/t20-,21-,22-,23+,24?,25?,26+,27+,28?,29+,30+,31-,34+,35-,36+,37-;19-,20-,21+,22-,23?,24+,25+,26?,27+,28+,29-,32+,33-,34+,35-;;;/m00.../s1. The van der Waals surface area contributed by atoms with Crippen molar-refractivity contribution in [2.75, 3.05) is 41.0 Å². The molecular weight excluding hydrogens is 1350 g/mol. The van der Waals surface area contributed by atoms with Crippen molar-refractivity contribution in [3.8, 4) is 18.8 Å². The van der Waals surface area contributed by atoms with Gasteiger partial charge in [0.05, 0.1) is 107 Å². The summed E-state index contributed by atoms with van der Waals surface area (Å²) in [6.45, 7) is 28.3. The predicted octanol–water partition coefficient (Wildman–Crippen LogP) is 4.03. The molecule has 22 nitrogen and oxygen atoms in total. The van der Waals surface area contributed by atoms with Gasteiger partial charge in [0.2, 0.25) is 0 Å². The quantitative estimate of drug-likeness (QED) is 0.0461. The van der Waals surface area contributed by atoms with Crippen molar-refractivity contribution in [2.24, 2.45) is 69.0 Å². The van der Waals surface area contributed by atoms with Gasteiger partial charge in [-0.3, -0.25) is 0 Å². The Kier molecular flexibility index (Phi) is 22.9. The topological polar surface area (TPSA) is 266 Å². The van der Waals surface area contributed by atoms with Gasteiger partial charge >= 0.3 is 23.1 Å². The van der Waals surface area contributed by atoms with E-state index in [1.54, 1.807) is 14.2 Å². The van der Waals surface area contributed by atoms with Crippen LogP contribution in [0.3, 0.4) is 0 Å². The molecule has 14 fully saturated rings. The van der Waals surface area contributed by atoms with E-state index in [4.69, 9.17) is 88.6 Å². The van der Waals surface area contributed by atoms with Crippen LogP contribution in [0.1, 0.15) is 187 Å². The Morgan fingerprint density at radius 1 is 0.561 bits per heavy atom. The summed E-state index contributed by atoms with van der Waals surface area (Å²) in [5.74, 6) is -2.13. The van der Waals surface area contributed by atoms with E-state index in [1.807, 2.05) is 76.2 Å². The van der Waals surface area contributed by atoms with E-state index in [-0.39, 0.29) is 151 Å². The Balaban J connectivity index is 0.000000203. The van der Waals surface area contributed by atoms with Gasteiger partial charge in [-0.15, -0.1) is 6.42 Å². The normalized spacial score (nSPS) is 52.6. The summed E-state index contributed by atoms with van der Waals surface area (Å²) in [7, 11) is 3.19. The van der Waals surface area contributed by atoms with Gasteiger partial charge in [-0.1, -0.05) is 33.6 Å². The second kappa shape index (κ2) is 28.1. The van der Waals surface area contributed by atoms with Crippen molar-refractivity contribution in [3.63, 3.8) is 0 Å². The number of terminal acetylenes is 2. The number of aliphatic hydroxyl groups is 5. The molecule has 2 spiro atoms. The van der Waals surface area contributed by atoms with Crippen molar-refractivity contribution in [3.05, 3.63) is 6.42 Å². The summed E-state index contributed by atoms with van der Waals surface area (Å²) >= 11 is 0. The zero-order valence-electron chi connectivity index (χ0n) is 61.0. The molecular formula is C74H115BrMgO22. The summed E-state index contributed by atoms with van der Waals surface area (Å²) in [6.07, 6.45) is 16.6. The molecule has 0 aromatic heterocycles. The number of hydrogen-bond acceptors (Lipinski definition) is 22. The first-order chi connectivity index (χ1) is 45.0. The van der Waals surface area contributed by atoms with Crippen LogP contribution in [0.5, 0.6) is 0 Å². The maximum Gasteiger partial charge on any atom is 2.00 e. The number of hydrogen-bond donors (Lipinski definition) is 5. The van der Waals surface area contributed by atoms with Crippen molar-refractivity contribution < 1.29 is 123 Å². The van der Waals surface area contributed by atoms with Crippen LogP contribution in [-0.2, 0) is 80.6 Å². The molecule has 0 aromatic carbocycles. The number of ether oxygens (including phenoxy) is 16. The zero-order valence-corrected chi connectivity index (χ0v) is 64.0. The summed E-state index contributed by atoms with van der Waals surface area (Å²) in [6, 6.07) is 0. The van der Waals surface area contributed by atoms with E-state index in [9.17, 15) is 30.3 Å². The number of carbonyl (C=O) groups is 1. The van der Waals surface area contributed by atoms with Crippen LogP contribution in [0.15, 0.2) is 0 Å². The molecule has 24 heteroatoms. The van der Waals surface area contributed by atoms with Crippen LogP contribution in [0.4, 0.5) is 0 Å². The molecule has 552 valence electrons. The molecule has 6 saturated heterocycles. The van der Waals surface area contributed by atoms with Gasteiger partial charge in [0.25, 0.3) is 0 Å². The van der Waals surface area contributed by atoms with Crippen LogP contribution >= 0.6 is 0 Å². The third-order valence-corrected chi connectivity index (χ3v) is 27.7. The number of rotatable bonds is 12. The van der Waals surface area contributed by atoms with Gasteiger partial charge in [-0.2, -0.15) is 0 Å². The number of aldehydes is 1. The van der Waals surface area contributed by atoms with Crippen LogP contribution < -0.4 is 17.0 Å². The molecule has 0 radical (unpaired) electrons. The fourth-order valence-corrected chi connectivity index (χ4v) is 23.0. The molecule has 0 aromatic rings. The van der Waals surface area contributed by atoms with Gasteiger partial charge in [-0.05, 0) is 145 Å². The SMILES string of the molecule is C#CC(O)[C@H]1CC[C@]2(O)C3CC[C@]4(O)C[C@@H](O[C@@H]5O[C@@H](C)[C@H](C)[C@H]6OC(C)(C)O[C@@H]56)C[C@H]5OC(C)(C)OC[C@]54C3[C@H](OCOC)C[C@]12C.COCO[C@@H]1C[C@]2(C)[C@@H](C=O)CC[C@]2(O)C2CC[C@]3(O)C[C@@H](O[C@@H]4O[C@@H](C)[C@H](C)[C@H]5OC(C)(C)O[C@@H]45)C[C@H]4OC(C)(C)OC[C@]43C21.[Br-].[C-]#C.[Mg+2]. The molecule has 5 unspecified atom stereocenters. The minimum Gasteiger partial charge on any atom is -1.00 e. The van der Waals surface area contributed by atoms with Gasteiger partial charge < -0.3 is 136 Å². The van der Waals surface area contributed by atoms with Crippen LogP contribution in [-0.4, -0.2) is 233 Å². The average molecular weight is 1460 g/mol. The molecule has 14 rings (SSSR count). The minimum atomic E-state index is -1.26. The van der Waals surface area contributed by atoms with Crippen molar-refractivity contribution in [1.29, 1.82) is 0 Å². The van der Waals surface area contributed by atoms with Crippen LogP contribution in [0.2, 0.25) is 0 Å². The number of aliphatic hydroxyl groups excluding tert-OH is 1. The van der Waals surface area contributed by atoms with Crippen molar-refractivity contribution in [1.82, 2.24) is 0 Å². The monoisotopic (exact) mass is 1460 g/mol. The summed E-state index contributed by atoms with van der Waals surface area (Å²) in [4.78, 5) is 12.3. The van der Waals surface area contributed by atoms with E-state index in [1.165, 1.54) is 0 Å². The Morgan fingerprint density at radius 2 is 0.959 bits per heavy atom. The second-order valence-corrected chi connectivity index (χ2v) is 34.1. The number of carbonyl (C=O) groups excluding carboxylic acids is 1. The number of halogens is 1. The fraction of sp³-hybridized carbons (Fsp3) is 0.932. The van der Waals surface area contributed by atoms with E-state index in [2.05, 4.69) is 33.1 Å². The molecule has 98 heavy (non-hydrogen) atoms. The Bertz CT molecular complexity index is 2880. The molecule has 6 aliphatic heterocycles. The minimum absolute atomic E-state index is 0. The van der Waals surface area contributed by atoms with Crippen LogP contribution in [0, 0.1) is 94.2 Å². The fourth-order valence-electron chi connectivity index (χ4n) is 23.0. The molecule has 6 heterocycles. The third-order valence-electron chi connectivity index (χ3n) is 27.7. The number of methoxy groups -OCH3 is 2. The van der Waals surface area contributed by atoms with Gasteiger partial charge in [0, 0.05) is 86.2 Å². The van der Waals surface area contributed by atoms with Gasteiger partial charge in [0.1, 0.15) is 38.2 Å². The predicted molar refractivity (Wildman–Crippen MR) is 349 cm³/mol. The molecule has 0 bridgehead atoms. The smallest absolute Gasteiger partial charge is 1.00 e. The second-order valence-electron chi connectivity index (χ2n) is 34.1. The van der Waals surface area contributed by atoms with Crippen molar-refractivity contribution in [2.45, 2.75) is 324 Å². The van der Waals surface area contributed by atoms with Gasteiger partial charge in [-0.25, -0.2) is 0 Å². The largest absolute Gasteiger partial charge is 2.00 e. The first-order valence-corrected chi connectivity index (χ1v) is 35.9. The average Bonchev–Trinajstić information content (AvgIpc) is 1.06. The first kappa shape index (κ1) is 79.8. The van der Waals surface area contributed by atoms with E-state index >= 15 is 0 Å². The first-order valence-electron chi connectivity index (χ1n) is 35.9. The summed E-state index contributed by atoms with van der Waals surface area (Å²) in [5.41, 5.74) is -7.84. The van der Waals surface area contributed by atoms with Crippen LogP contribution in [0.25, 0.3) is 0 Å². The Hall–Kier alpha value is -0.804. The third kappa shape index (κ3) is 12.6. The molecule has 5 N–H and O–H groups in total. The van der Waals surface area contributed by atoms with E-state index < -0.39 is 123 Å². The summed E-state index contributed by atoms with van der Waals surface area (Å²) < 4.78 is 102. The molecule has 0 amide bonds. The maximum atomic E-state index is 13.1. The summed E-state index contributed by atoms with van der Waals surface area (Å²) in [5, 5.41) is 62.5. The number of fused-ring (bicyclic) bond motifs is 8. The molecule has 14 aliphatic rings. The van der Waals surface area contributed by atoms with Crippen molar-refractivity contribution >= 4 is 29.3 Å². The van der Waals surface area contributed by atoms with E-state index in [0.29, 0.717) is 89.9 Å². The molecule has 8 saturated carbocycles. The van der Waals surface area contributed by atoms with E-state index in [0.717, 1.165) is 6.29 Å². The maximum absolute atomic E-state index is 13.1. The zero-order chi connectivity index (χ0) is 69.7. The Labute approximate surface area is 608 Å². The molecule has 8 aliphatic carbocycles. The Morgan fingerprint density at radius 3 is 1.37 bits per heavy atom. The van der Waals surface area contributed by atoms with Gasteiger partial charge in [0.15, 0.2) is 35.7 Å².